The van der Waals surface area contributed by atoms with Crippen LogP contribution in [-0.4, -0.2) is 5.54 Å². The summed E-state index contributed by atoms with van der Waals surface area (Å²) < 4.78 is 3.10. The summed E-state index contributed by atoms with van der Waals surface area (Å²) in [5.41, 5.74) is 0.292. The van der Waals surface area contributed by atoms with Gasteiger partial charge < -0.3 is 0 Å². The normalized spacial score (nSPS) is 11.7. The van der Waals surface area contributed by atoms with Crippen molar-refractivity contribution in [2.45, 2.75) is 26.3 Å². The minimum absolute atomic E-state index is 0.292. The Bertz CT molecular complexity index is 37.3. The van der Waals surface area contributed by atoms with E-state index in [9.17, 15) is 0 Å². The van der Waals surface area contributed by atoms with Crippen molar-refractivity contribution < 1.29 is 20.7 Å². The van der Waals surface area contributed by atoms with E-state index in [2.05, 4.69) is 24.6 Å². The average molecular weight is 120 g/mol. The molecule has 0 unspecified atom stereocenters. The monoisotopic (exact) mass is 120 g/mol. The summed E-state index contributed by atoms with van der Waals surface area (Å²) in [6, 6.07) is 0. The Labute approximate surface area is 51.2 Å². The summed E-state index contributed by atoms with van der Waals surface area (Å²) in [4.78, 5) is 0. The number of hydrogen-bond acceptors (Lipinski definition) is 1. The van der Waals surface area contributed by atoms with E-state index in [1.54, 1.807) is 0 Å². The Kier molecular flexibility index (Phi) is 2.34. The van der Waals surface area contributed by atoms with Crippen molar-refractivity contribution in [3.05, 3.63) is 0 Å². The van der Waals surface area contributed by atoms with Gasteiger partial charge in [0.2, 0.25) is 0 Å². The van der Waals surface area contributed by atoms with Crippen LogP contribution < -0.4 is 3.80 Å². The van der Waals surface area contributed by atoms with E-state index in [1.807, 2.05) is 20.7 Å². The van der Waals surface area contributed by atoms with E-state index in [1.165, 1.54) is 0 Å². The fraction of sp³-hybridized carbons (Fsp3) is 1.00. The summed E-state index contributed by atoms with van der Waals surface area (Å²) in [5.74, 6) is 0. The third-order valence-corrected chi connectivity index (χ3v) is 1.55. The van der Waals surface area contributed by atoms with Crippen molar-refractivity contribution in [1.29, 1.82) is 0 Å². The zero-order valence-electron chi connectivity index (χ0n) is 4.50. The first-order chi connectivity index (χ1) is 2.56. The van der Waals surface area contributed by atoms with Crippen LogP contribution in [0.5, 0.6) is 0 Å². The molecule has 0 aliphatic rings. The fourth-order valence-electron chi connectivity index (χ4n) is 0. The Morgan fingerprint density at radius 2 is 1.50 bits per heavy atom. The molecule has 0 rings (SSSR count). The van der Waals surface area contributed by atoms with Gasteiger partial charge in [-0.25, -0.2) is 0 Å². The van der Waals surface area contributed by atoms with Crippen molar-refractivity contribution in [2.24, 2.45) is 0 Å². The first-order valence-electron chi connectivity index (χ1n) is 2.00. The van der Waals surface area contributed by atoms with Gasteiger partial charge >= 0.3 is 50.8 Å². The van der Waals surface area contributed by atoms with Gasteiger partial charge in [0, 0.05) is 0 Å². The van der Waals surface area contributed by atoms with Crippen molar-refractivity contribution in [3.63, 3.8) is 0 Å². The number of nitrogens with one attached hydrogen (secondary N) is 1. The zero-order valence-corrected chi connectivity index (χ0v) is 6.06. The molecule has 0 aliphatic carbocycles. The van der Waals surface area contributed by atoms with Crippen molar-refractivity contribution >= 4 is 0 Å². The Morgan fingerprint density at radius 3 is 1.50 bits per heavy atom. The summed E-state index contributed by atoms with van der Waals surface area (Å²) in [5, 5.41) is 0. The van der Waals surface area contributed by atoms with Gasteiger partial charge in [0.1, 0.15) is 0 Å². The third-order valence-electron chi connectivity index (χ3n) is 0.375. The van der Waals surface area contributed by atoms with Crippen molar-refractivity contribution in [2.75, 3.05) is 0 Å². The van der Waals surface area contributed by atoms with Crippen LogP contribution in [0.3, 0.4) is 0 Å². The molecule has 2 heteroatoms. The quantitative estimate of drug-likeness (QED) is 0.467. The fourth-order valence-corrected chi connectivity index (χ4v) is 0. The van der Waals surface area contributed by atoms with Gasteiger partial charge in [-0.1, -0.05) is 0 Å². The molecular formula is C4H10NTi. The summed E-state index contributed by atoms with van der Waals surface area (Å²) in [7, 11) is 0. The molecule has 35 valence electrons. The second kappa shape index (κ2) is 2.11. The third kappa shape index (κ3) is 4.67. The molecule has 0 aromatic heterocycles. The molecule has 1 N–H and O–H groups in total. The molecule has 0 spiro atoms. The maximum absolute atomic E-state index is 3.10. The molecule has 0 atom stereocenters. The van der Waals surface area contributed by atoms with Crippen molar-refractivity contribution in [3.8, 4) is 0 Å². The summed E-state index contributed by atoms with van der Waals surface area (Å²) in [6.45, 7) is 6.40. The molecule has 0 aromatic carbocycles. The predicted molar refractivity (Wildman–Crippen MR) is 22.9 cm³/mol. The minimum atomic E-state index is 0.292. The van der Waals surface area contributed by atoms with Gasteiger partial charge in [-0.05, 0) is 0 Å². The molecule has 0 heterocycles. The van der Waals surface area contributed by atoms with Crippen LogP contribution in [0.25, 0.3) is 0 Å². The molecular weight excluding hydrogens is 110 g/mol. The molecule has 0 aromatic rings. The van der Waals surface area contributed by atoms with Crippen LogP contribution in [0, 0.1) is 0 Å². The SMILES string of the molecule is CC(C)(C)[NH][Ti]. The van der Waals surface area contributed by atoms with E-state index in [4.69, 9.17) is 0 Å². The number of hydrogen-bond donors (Lipinski definition) is 1. The standard InChI is InChI=1S/C4H10N.Ti/c1-4(2,3)5;/h5H,1-3H3;/q-1;+1. The first-order valence-corrected chi connectivity index (χ1v) is 2.78. The molecule has 0 bridgehead atoms. The van der Waals surface area contributed by atoms with Gasteiger partial charge in [-0.15, -0.1) is 0 Å². The van der Waals surface area contributed by atoms with E-state index in [-0.39, 0.29) is 0 Å². The van der Waals surface area contributed by atoms with Gasteiger partial charge in [0.25, 0.3) is 0 Å². The molecule has 1 nitrogen and oxygen atoms in total. The van der Waals surface area contributed by atoms with Crippen LogP contribution in [-0.2, 0) is 20.7 Å². The second-order valence-corrected chi connectivity index (χ2v) is 2.77. The first kappa shape index (κ1) is 6.67. The van der Waals surface area contributed by atoms with E-state index < -0.39 is 0 Å². The molecule has 0 saturated heterocycles. The van der Waals surface area contributed by atoms with Gasteiger partial charge in [-0.3, -0.25) is 0 Å². The second-order valence-electron chi connectivity index (χ2n) is 2.38. The molecule has 0 radical (unpaired) electrons. The molecule has 0 saturated carbocycles. The van der Waals surface area contributed by atoms with Gasteiger partial charge in [0.05, 0.1) is 0 Å². The summed E-state index contributed by atoms with van der Waals surface area (Å²) in [6.07, 6.45) is 0. The average Bonchev–Trinajstić information content (AvgIpc) is 1.35. The van der Waals surface area contributed by atoms with Crippen LogP contribution in [0.4, 0.5) is 0 Å². The predicted octanol–water partition coefficient (Wildman–Crippen LogP) is 0.836. The molecule has 0 aliphatic heterocycles. The Hall–Kier alpha value is 0.674. The van der Waals surface area contributed by atoms with Gasteiger partial charge in [0.15, 0.2) is 0 Å². The van der Waals surface area contributed by atoms with Gasteiger partial charge in [-0.2, -0.15) is 0 Å². The molecule has 0 fully saturated rings. The van der Waals surface area contributed by atoms with E-state index in [0.717, 1.165) is 0 Å². The van der Waals surface area contributed by atoms with Crippen molar-refractivity contribution in [1.82, 2.24) is 3.80 Å². The zero-order chi connectivity index (χ0) is 5.21. The van der Waals surface area contributed by atoms with Crippen LogP contribution >= 0.6 is 0 Å². The molecule has 6 heavy (non-hydrogen) atoms. The molecule has 0 amide bonds. The van der Waals surface area contributed by atoms with E-state index >= 15 is 0 Å². The Morgan fingerprint density at radius 1 is 1.33 bits per heavy atom. The van der Waals surface area contributed by atoms with Crippen LogP contribution in [0.2, 0.25) is 0 Å². The van der Waals surface area contributed by atoms with Crippen LogP contribution in [0.1, 0.15) is 20.8 Å². The topological polar surface area (TPSA) is 12.0 Å². The summed E-state index contributed by atoms with van der Waals surface area (Å²) >= 11 is 1.96. The van der Waals surface area contributed by atoms with Crippen LogP contribution in [0.15, 0.2) is 0 Å². The maximum atomic E-state index is 3.10. The van der Waals surface area contributed by atoms with E-state index in [0.29, 0.717) is 5.54 Å². The Balaban J connectivity index is 3.17. The number of rotatable bonds is 0.